The Balaban J connectivity index is 1.81. The Hall–Kier alpha value is -1.61. The molecule has 0 fully saturated rings. The molecule has 2 rings (SSSR count). The van der Waals surface area contributed by atoms with Gasteiger partial charge in [0, 0.05) is 24.6 Å². The molecular formula is C15H21N3. The van der Waals surface area contributed by atoms with Crippen molar-refractivity contribution in [3.8, 4) is 5.69 Å². The number of hydrogen-bond acceptors (Lipinski definition) is 2. The predicted octanol–water partition coefficient (Wildman–Crippen LogP) is 3.15. The minimum Gasteiger partial charge on any atom is -0.313 e. The largest absolute Gasteiger partial charge is 0.313 e. The number of nitrogens with zero attached hydrogens (tertiary/aromatic N) is 2. The summed E-state index contributed by atoms with van der Waals surface area (Å²) in [6.45, 7) is 4.29. The van der Waals surface area contributed by atoms with Crippen LogP contribution in [0.4, 0.5) is 0 Å². The van der Waals surface area contributed by atoms with E-state index in [9.17, 15) is 0 Å². The molecule has 18 heavy (non-hydrogen) atoms. The zero-order chi connectivity index (χ0) is 12.6. The van der Waals surface area contributed by atoms with Gasteiger partial charge in [-0.3, -0.25) is 0 Å². The van der Waals surface area contributed by atoms with Crippen molar-refractivity contribution >= 4 is 0 Å². The molecule has 0 amide bonds. The molecule has 1 N–H and O–H groups in total. The lowest BCUT2D eigenvalue weighted by atomic mass is 10.2. The smallest absolute Gasteiger partial charge is 0.0991 e. The second kappa shape index (κ2) is 6.97. The fraction of sp³-hybridized carbons (Fsp3) is 0.400. The lowest BCUT2D eigenvalue weighted by molar-refractivity contribution is 0.617. The Kier molecular flexibility index (Phi) is 4.97. The summed E-state index contributed by atoms with van der Waals surface area (Å²) in [5.41, 5.74) is 2.48. The molecule has 0 radical (unpaired) electrons. The molecule has 0 unspecified atom stereocenters. The number of unbranched alkanes of at least 4 members (excludes halogenated alkanes) is 2. The lowest BCUT2D eigenvalue weighted by Gasteiger charge is -2.06. The number of benzene rings is 1. The Morgan fingerprint density at radius 2 is 2.00 bits per heavy atom. The Bertz CT molecular complexity index is 431. The summed E-state index contributed by atoms with van der Waals surface area (Å²) in [5, 5.41) is 3.47. The number of aromatic nitrogens is 2. The summed E-state index contributed by atoms with van der Waals surface area (Å²) >= 11 is 0. The van der Waals surface area contributed by atoms with Crippen LogP contribution in [0, 0.1) is 0 Å². The molecule has 1 heterocycles. The molecule has 1 aromatic heterocycles. The molecule has 1 aromatic carbocycles. The first-order valence-corrected chi connectivity index (χ1v) is 6.68. The van der Waals surface area contributed by atoms with Crippen LogP contribution in [0.15, 0.2) is 43.0 Å². The van der Waals surface area contributed by atoms with E-state index >= 15 is 0 Å². The summed E-state index contributed by atoms with van der Waals surface area (Å²) in [4.78, 5) is 4.05. The zero-order valence-corrected chi connectivity index (χ0v) is 11.0. The first-order chi connectivity index (χ1) is 8.90. The van der Waals surface area contributed by atoms with Crippen LogP contribution in [0.2, 0.25) is 0 Å². The van der Waals surface area contributed by atoms with Gasteiger partial charge in [0.05, 0.1) is 6.33 Å². The zero-order valence-electron chi connectivity index (χ0n) is 11.0. The fourth-order valence-corrected chi connectivity index (χ4v) is 1.93. The van der Waals surface area contributed by atoms with Crippen LogP contribution >= 0.6 is 0 Å². The average Bonchev–Trinajstić information content (AvgIpc) is 2.93. The van der Waals surface area contributed by atoms with E-state index in [1.165, 1.54) is 24.8 Å². The van der Waals surface area contributed by atoms with E-state index < -0.39 is 0 Å². The minimum atomic E-state index is 0.952. The minimum absolute atomic E-state index is 0.952. The molecule has 2 aromatic rings. The van der Waals surface area contributed by atoms with E-state index in [0.717, 1.165) is 18.8 Å². The third-order valence-corrected chi connectivity index (χ3v) is 3.03. The Labute approximate surface area is 109 Å². The van der Waals surface area contributed by atoms with Gasteiger partial charge in [-0.2, -0.15) is 0 Å². The van der Waals surface area contributed by atoms with Crippen molar-refractivity contribution in [3.05, 3.63) is 48.5 Å². The second-order valence-electron chi connectivity index (χ2n) is 4.52. The predicted molar refractivity (Wildman–Crippen MR) is 74.8 cm³/mol. The van der Waals surface area contributed by atoms with Crippen molar-refractivity contribution < 1.29 is 0 Å². The number of nitrogens with one attached hydrogen (secondary N) is 1. The van der Waals surface area contributed by atoms with Crippen molar-refractivity contribution in [2.24, 2.45) is 0 Å². The normalized spacial score (nSPS) is 10.7. The average molecular weight is 243 g/mol. The van der Waals surface area contributed by atoms with Crippen LogP contribution in [-0.4, -0.2) is 16.1 Å². The number of imidazole rings is 1. The fourth-order valence-electron chi connectivity index (χ4n) is 1.93. The van der Waals surface area contributed by atoms with E-state index in [4.69, 9.17) is 0 Å². The molecule has 0 bridgehead atoms. The molecule has 0 spiro atoms. The van der Waals surface area contributed by atoms with E-state index in [1.807, 2.05) is 17.1 Å². The van der Waals surface area contributed by atoms with Gasteiger partial charge in [-0.15, -0.1) is 0 Å². The highest BCUT2D eigenvalue weighted by Gasteiger charge is 1.96. The van der Waals surface area contributed by atoms with Crippen LogP contribution in [0.1, 0.15) is 31.7 Å². The van der Waals surface area contributed by atoms with Gasteiger partial charge in [-0.05, 0) is 30.7 Å². The van der Waals surface area contributed by atoms with Crippen LogP contribution in [0.25, 0.3) is 5.69 Å². The molecule has 0 saturated carbocycles. The van der Waals surface area contributed by atoms with Crippen molar-refractivity contribution in [1.29, 1.82) is 0 Å². The molecule has 3 nitrogen and oxygen atoms in total. The molecular weight excluding hydrogens is 222 g/mol. The SMILES string of the molecule is CCCCCNCc1ccc(-n2ccnc2)cc1. The highest BCUT2D eigenvalue weighted by atomic mass is 15.0. The van der Waals surface area contributed by atoms with Gasteiger partial charge < -0.3 is 9.88 Å². The summed E-state index contributed by atoms with van der Waals surface area (Å²) in [6, 6.07) is 8.60. The van der Waals surface area contributed by atoms with Gasteiger partial charge in [-0.1, -0.05) is 31.9 Å². The standard InChI is InChI=1S/C15H21N3/c1-2-3-4-9-16-12-14-5-7-15(8-6-14)18-11-10-17-13-18/h5-8,10-11,13,16H,2-4,9,12H2,1H3. The molecule has 0 aliphatic rings. The highest BCUT2D eigenvalue weighted by Crippen LogP contribution is 2.09. The van der Waals surface area contributed by atoms with Crippen LogP contribution in [-0.2, 0) is 6.54 Å². The molecule has 0 saturated heterocycles. The van der Waals surface area contributed by atoms with Gasteiger partial charge in [0.25, 0.3) is 0 Å². The van der Waals surface area contributed by atoms with Crippen molar-refractivity contribution in [1.82, 2.24) is 14.9 Å². The highest BCUT2D eigenvalue weighted by molar-refractivity contribution is 5.34. The third-order valence-electron chi connectivity index (χ3n) is 3.03. The molecule has 0 aliphatic heterocycles. The number of hydrogen-bond donors (Lipinski definition) is 1. The van der Waals surface area contributed by atoms with Gasteiger partial charge in [0.15, 0.2) is 0 Å². The molecule has 96 valence electrons. The quantitative estimate of drug-likeness (QED) is 0.757. The van der Waals surface area contributed by atoms with Crippen LogP contribution in [0.3, 0.4) is 0 Å². The molecule has 3 heteroatoms. The van der Waals surface area contributed by atoms with E-state index in [-0.39, 0.29) is 0 Å². The second-order valence-corrected chi connectivity index (χ2v) is 4.52. The maximum Gasteiger partial charge on any atom is 0.0991 e. The maximum absolute atomic E-state index is 4.05. The van der Waals surface area contributed by atoms with Crippen LogP contribution < -0.4 is 5.32 Å². The topological polar surface area (TPSA) is 29.9 Å². The number of rotatable bonds is 7. The third kappa shape index (κ3) is 3.70. The summed E-state index contributed by atoms with van der Waals surface area (Å²) in [5.74, 6) is 0. The maximum atomic E-state index is 4.05. The van der Waals surface area contributed by atoms with Gasteiger partial charge >= 0.3 is 0 Å². The molecule has 0 aliphatic carbocycles. The van der Waals surface area contributed by atoms with E-state index in [2.05, 4.69) is 41.5 Å². The first-order valence-electron chi connectivity index (χ1n) is 6.68. The van der Waals surface area contributed by atoms with Crippen molar-refractivity contribution in [2.75, 3.05) is 6.54 Å². The van der Waals surface area contributed by atoms with Crippen molar-refractivity contribution in [3.63, 3.8) is 0 Å². The van der Waals surface area contributed by atoms with Crippen LogP contribution in [0.5, 0.6) is 0 Å². The van der Waals surface area contributed by atoms with Crippen molar-refractivity contribution in [2.45, 2.75) is 32.7 Å². The van der Waals surface area contributed by atoms with Gasteiger partial charge in [0.2, 0.25) is 0 Å². The van der Waals surface area contributed by atoms with E-state index in [1.54, 1.807) is 6.20 Å². The van der Waals surface area contributed by atoms with E-state index in [0.29, 0.717) is 0 Å². The summed E-state index contributed by atoms with van der Waals surface area (Å²) in [6.07, 6.45) is 9.43. The summed E-state index contributed by atoms with van der Waals surface area (Å²) in [7, 11) is 0. The first kappa shape index (κ1) is 12.8. The molecule has 0 atom stereocenters. The van der Waals surface area contributed by atoms with Gasteiger partial charge in [0.1, 0.15) is 0 Å². The van der Waals surface area contributed by atoms with Gasteiger partial charge in [-0.25, -0.2) is 4.98 Å². The Morgan fingerprint density at radius 3 is 2.67 bits per heavy atom. The monoisotopic (exact) mass is 243 g/mol. The summed E-state index contributed by atoms with van der Waals surface area (Å²) < 4.78 is 2.01. The Morgan fingerprint density at radius 1 is 1.17 bits per heavy atom. The lowest BCUT2D eigenvalue weighted by Crippen LogP contribution is -2.14.